The highest BCUT2D eigenvalue weighted by molar-refractivity contribution is 5.76. The first kappa shape index (κ1) is 14.7. The average molecular weight is 278 g/mol. The lowest BCUT2D eigenvalue weighted by atomic mass is 10.1. The highest BCUT2D eigenvalue weighted by atomic mass is 16.5. The van der Waals surface area contributed by atoms with Crippen LogP contribution in [0, 0.1) is 0 Å². The van der Waals surface area contributed by atoms with Crippen molar-refractivity contribution in [1.29, 1.82) is 0 Å². The summed E-state index contributed by atoms with van der Waals surface area (Å²) in [7, 11) is 0. The lowest BCUT2D eigenvalue weighted by Gasteiger charge is -2.23. The van der Waals surface area contributed by atoms with E-state index in [1.807, 2.05) is 31.2 Å². The molecule has 110 valence electrons. The van der Waals surface area contributed by atoms with Gasteiger partial charge in [0.1, 0.15) is 6.61 Å². The molecule has 1 aliphatic heterocycles. The van der Waals surface area contributed by atoms with Crippen LogP contribution in [0.5, 0.6) is 11.5 Å². The highest BCUT2D eigenvalue weighted by Gasteiger charge is 2.16. The van der Waals surface area contributed by atoms with Crippen molar-refractivity contribution in [2.75, 3.05) is 26.3 Å². The molecule has 1 aromatic rings. The van der Waals surface area contributed by atoms with Gasteiger partial charge in [-0.15, -0.1) is 0 Å². The Hall–Kier alpha value is -1.75. The Balaban J connectivity index is 1.69. The van der Waals surface area contributed by atoms with Crippen LogP contribution in [0.3, 0.4) is 0 Å². The fourth-order valence-electron chi connectivity index (χ4n) is 2.18. The van der Waals surface area contributed by atoms with Crippen molar-refractivity contribution in [3.8, 4) is 11.5 Å². The lowest BCUT2D eigenvalue weighted by Crippen LogP contribution is -2.46. The monoisotopic (exact) mass is 278 g/mol. The van der Waals surface area contributed by atoms with Crippen LogP contribution in [-0.4, -0.2) is 38.3 Å². The fourth-order valence-corrected chi connectivity index (χ4v) is 2.18. The van der Waals surface area contributed by atoms with Crippen LogP contribution >= 0.6 is 0 Å². The maximum Gasteiger partial charge on any atom is 0.220 e. The second-order valence-electron chi connectivity index (χ2n) is 4.72. The molecule has 1 atom stereocenters. The van der Waals surface area contributed by atoms with E-state index >= 15 is 0 Å². The van der Waals surface area contributed by atoms with Crippen LogP contribution in [0.1, 0.15) is 19.8 Å². The van der Waals surface area contributed by atoms with Gasteiger partial charge in [-0.05, 0) is 25.5 Å². The second-order valence-corrected chi connectivity index (χ2v) is 4.72. The van der Waals surface area contributed by atoms with Gasteiger partial charge in [-0.2, -0.15) is 0 Å². The smallest absolute Gasteiger partial charge is 0.220 e. The van der Waals surface area contributed by atoms with Crippen molar-refractivity contribution >= 4 is 5.91 Å². The van der Waals surface area contributed by atoms with E-state index in [4.69, 9.17) is 9.47 Å². The zero-order valence-electron chi connectivity index (χ0n) is 11.9. The highest BCUT2D eigenvalue weighted by Crippen LogP contribution is 2.26. The summed E-state index contributed by atoms with van der Waals surface area (Å²) in [5, 5.41) is 6.24. The van der Waals surface area contributed by atoms with Gasteiger partial charge in [0, 0.05) is 25.6 Å². The quantitative estimate of drug-likeness (QED) is 0.739. The molecule has 0 spiro atoms. The second kappa shape index (κ2) is 7.75. The molecule has 1 heterocycles. The maximum absolute atomic E-state index is 11.0. The Morgan fingerprint density at radius 1 is 1.30 bits per heavy atom. The minimum atomic E-state index is 0.143. The predicted octanol–water partition coefficient (Wildman–Crippen LogP) is 1.33. The minimum Gasteiger partial charge on any atom is -0.490 e. The number of carbonyl (C=O) groups is 1. The molecule has 2 rings (SSSR count). The van der Waals surface area contributed by atoms with Crippen LogP contribution in [0.2, 0.25) is 0 Å². The van der Waals surface area contributed by atoms with Gasteiger partial charge in [0.05, 0.1) is 6.61 Å². The molecule has 5 nitrogen and oxygen atoms in total. The number of hydrogen-bond acceptors (Lipinski definition) is 4. The normalized spacial score (nSPS) is 18.4. The molecule has 1 unspecified atom stereocenters. The summed E-state index contributed by atoms with van der Waals surface area (Å²) in [5.41, 5.74) is 0. The molecule has 0 aliphatic carbocycles. The summed E-state index contributed by atoms with van der Waals surface area (Å²) in [4.78, 5) is 11.0. The molecule has 0 bridgehead atoms. The Labute approximate surface area is 119 Å². The van der Waals surface area contributed by atoms with Crippen LogP contribution in [0.4, 0.5) is 0 Å². The van der Waals surface area contributed by atoms with Gasteiger partial charge in [-0.3, -0.25) is 4.79 Å². The zero-order valence-corrected chi connectivity index (χ0v) is 11.9. The van der Waals surface area contributed by atoms with Gasteiger partial charge in [0.2, 0.25) is 5.91 Å². The molecule has 1 aliphatic rings. The topological polar surface area (TPSA) is 59.6 Å². The summed E-state index contributed by atoms with van der Waals surface area (Å²) >= 11 is 0. The van der Waals surface area contributed by atoms with E-state index in [0.717, 1.165) is 24.5 Å². The predicted molar refractivity (Wildman–Crippen MR) is 77.1 cm³/mol. The molecule has 5 heteroatoms. The molecular weight excluding hydrogens is 256 g/mol. The molecule has 1 aromatic carbocycles. The summed E-state index contributed by atoms with van der Waals surface area (Å²) < 4.78 is 11.2. The molecule has 0 saturated carbocycles. The van der Waals surface area contributed by atoms with Crippen LogP contribution < -0.4 is 20.1 Å². The van der Waals surface area contributed by atoms with Crippen molar-refractivity contribution in [2.45, 2.75) is 25.8 Å². The number of rotatable bonds is 7. The van der Waals surface area contributed by atoms with Crippen molar-refractivity contribution in [3.05, 3.63) is 24.3 Å². The van der Waals surface area contributed by atoms with Crippen molar-refractivity contribution in [1.82, 2.24) is 10.6 Å². The van der Waals surface area contributed by atoms with E-state index in [1.54, 1.807) is 0 Å². The molecule has 1 saturated heterocycles. The van der Waals surface area contributed by atoms with Gasteiger partial charge in [-0.25, -0.2) is 0 Å². The number of carbonyl (C=O) groups excluding carboxylic acids is 1. The minimum absolute atomic E-state index is 0.143. The van der Waals surface area contributed by atoms with Gasteiger partial charge in [0.15, 0.2) is 11.5 Å². The van der Waals surface area contributed by atoms with E-state index in [9.17, 15) is 4.79 Å². The largest absolute Gasteiger partial charge is 0.490 e. The number of hydrogen-bond donors (Lipinski definition) is 2. The van der Waals surface area contributed by atoms with E-state index in [2.05, 4.69) is 10.6 Å². The number of para-hydroxylation sites is 2. The first-order valence-corrected chi connectivity index (χ1v) is 7.14. The molecule has 1 amide bonds. The number of benzene rings is 1. The Morgan fingerprint density at radius 2 is 2.05 bits per heavy atom. The third-order valence-corrected chi connectivity index (χ3v) is 3.21. The lowest BCUT2D eigenvalue weighted by molar-refractivity contribution is -0.122. The summed E-state index contributed by atoms with van der Waals surface area (Å²) in [6.07, 6.45) is 1.49. The number of nitrogens with one attached hydrogen (secondary N) is 2. The zero-order chi connectivity index (χ0) is 14.2. The molecule has 2 N–H and O–H groups in total. The van der Waals surface area contributed by atoms with Gasteiger partial charge < -0.3 is 20.1 Å². The molecule has 0 radical (unpaired) electrons. The van der Waals surface area contributed by atoms with Gasteiger partial charge in [-0.1, -0.05) is 12.1 Å². The third kappa shape index (κ3) is 4.42. The first-order chi connectivity index (χ1) is 9.79. The van der Waals surface area contributed by atoms with Crippen LogP contribution in [0.15, 0.2) is 24.3 Å². The molecule has 1 fully saturated rings. The van der Waals surface area contributed by atoms with Gasteiger partial charge in [0.25, 0.3) is 0 Å². The number of piperidine rings is 1. The van der Waals surface area contributed by atoms with E-state index in [1.165, 1.54) is 0 Å². The van der Waals surface area contributed by atoms with Gasteiger partial charge >= 0.3 is 0 Å². The summed E-state index contributed by atoms with van der Waals surface area (Å²) in [6, 6.07) is 8.02. The van der Waals surface area contributed by atoms with E-state index in [0.29, 0.717) is 32.2 Å². The maximum atomic E-state index is 11.0. The average Bonchev–Trinajstić information content (AvgIpc) is 2.47. The van der Waals surface area contributed by atoms with E-state index < -0.39 is 0 Å². The Morgan fingerprint density at radius 3 is 2.70 bits per heavy atom. The molecular formula is C15H22N2O3. The molecule has 20 heavy (non-hydrogen) atoms. The van der Waals surface area contributed by atoms with E-state index in [-0.39, 0.29) is 5.91 Å². The standard InChI is InChI=1S/C15H22N2O3/c1-2-19-13-5-3-4-6-14(13)20-10-9-16-12-7-8-15(18)17-11-12/h3-6,12,16H,2,7-11H2,1H3,(H,17,18). The van der Waals surface area contributed by atoms with Crippen LogP contribution in [0.25, 0.3) is 0 Å². The van der Waals surface area contributed by atoms with Crippen molar-refractivity contribution in [2.24, 2.45) is 0 Å². The Bertz CT molecular complexity index is 427. The number of ether oxygens (including phenoxy) is 2. The van der Waals surface area contributed by atoms with Crippen molar-refractivity contribution < 1.29 is 14.3 Å². The Kier molecular flexibility index (Phi) is 5.68. The first-order valence-electron chi connectivity index (χ1n) is 7.14. The SMILES string of the molecule is CCOc1ccccc1OCCNC1CCC(=O)NC1. The number of amides is 1. The summed E-state index contributed by atoms with van der Waals surface area (Å²) in [5.74, 6) is 1.69. The molecule has 0 aromatic heterocycles. The van der Waals surface area contributed by atoms with Crippen LogP contribution in [-0.2, 0) is 4.79 Å². The third-order valence-electron chi connectivity index (χ3n) is 3.21. The fraction of sp³-hybridized carbons (Fsp3) is 0.533. The van der Waals surface area contributed by atoms with Crippen molar-refractivity contribution in [3.63, 3.8) is 0 Å². The summed E-state index contributed by atoms with van der Waals surface area (Å²) in [6.45, 7) is 4.61.